The number of aryl methyl sites for hydroxylation is 2. The first-order valence-corrected chi connectivity index (χ1v) is 7.54. The predicted molar refractivity (Wildman–Crippen MR) is 68.6 cm³/mol. The predicted octanol–water partition coefficient (Wildman–Crippen LogP) is 0.351. The fourth-order valence-corrected chi connectivity index (χ4v) is 3.95. The second kappa shape index (κ2) is 5.45. The Morgan fingerprint density at radius 3 is 2.53 bits per heavy atom. The number of sulfonamides is 1. The third-order valence-electron chi connectivity index (χ3n) is 2.41. The molecule has 0 radical (unpaired) electrons. The van der Waals surface area contributed by atoms with Crippen LogP contribution in [0.1, 0.15) is 16.7 Å². The van der Waals surface area contributed by atoms with Crippen molar-refractivity contribution in [2.75, 3.05) is 6.54 Å². The number of nitrogens with two attached hydrogens (primary N) is 1. The molecule has 5 nitrogen and oxygen atoms in total. The van der Waals surface area contributed by atoms with E-state index in [-0.39, 0.29) is 11.4 Å². The van der Waals surface area contributed by atoms with Crippen molar-refractivity contribution in [1.29, 1.82) is 0 Å². The molecule has 0 saturated carbocycles. The summed E-state index contributed by atoms with van der Waals surface area (Å²) < 4.78 is 26.3. The van der Waals surface area contributed by atoms with Crippen molar-refractivity contribution < 1.29 is 13.5 Å². The molecule has 2 unspecified atom stereocenters. The van der Waals surface area contributed by atoms with Gasteiger partial charge in [0.2, 0.25) is 10.0 Å². The molecule has 0 aromatic carbocycles. The third-order valence-corrected chi connectivity index (χ3v) is 5.06. The molecular formula is C10H18N2O3S2. The minimum atomic E-state index is -3.53. The molecule has 1 aromatic rings. The van der Waals surface area contributed by atoms with Gasteiger partial charge in [0.25, 0.3) is 0 Å². The molecule has 1 heterocycles. The second-order valence-electron chi connectivity index (χ2n) is 4.03. The van der Waals surface area contributed by atoms with E-state index in [0.29, 0.717) is 0 Å². The zero-order chi connectivity index (χ0) is 13.2. The lowest BCUT2D eigenvalue weighted by atomic mass is 10.2. The van der Waals surface area contributed by atoms with Gasteiger partial charge in [-0.05, 0) is 26.8 Å². The fourth-order valence-electron chi connectivity index (χ4n) is 1.33. The van der Waals surface area contributed by atoms with Crippen LogP contribution in [0.4, 0.5) is 0 Å². The Bertz CT molecular complexity index is 480. The average Bonchev–Trinajstić information content (AvgIpc) is 2.55. The number of thiophene rings is 1. The largest absolute Gasteiger partial charge is 0.392 e. The van der Waals surface area contributed by atoms with Gasteiger partial charge in [-0.1, -0.05) is 0 Å². The highest BCUT2D eigenvalue weighted by Crippen LogP contribution is 2.24. The van der Waals surface area contributed by atoms with Crippen LogP contribution in [0.2, 0.25) is 0 Å². The maximum absolute atomic E-state index is 12.0. The molecule has 0 spiro atoms. The van der Waals surface area contributed by atoms with E-state index in [2.05, 4.69) is 4.72 Å². The maximum Gasteiger partial charge on any atom is 0.241 e. The number of aliphatic hydroxyl groups is 1. The van der Waals surface area contributed by atoms with E-state index in [1.807, 2.05) is 6.92 Å². The van der Waals surface area contributed by atoms with Gasteiger partial charge in [0.15, 0.2) is 0 Å². The van der Waals surface area contributed by atoms with Crippen molar-refractivity contribution in [3.8, 4) is 0 Å². The molecule has 0 aliphatic heterocycles. The smallest absolute Gasteiger partial charge is 0.241 e. The third kappa shape index (κ3) is 3.75. The van der Waals surface area contributed by atoms with E-state index in [9.17, 15) is 13.5 Å². The van der Waals surface area contributed by atoms with Gasteiger partial charge in [-0.25, -0.2) is 13.1 Å². The molecule has 7 heteroatoms. The summed E-state index contributed by atoms with van der Waals surface area (Å²) in [4.78, 5) is 1.99. The molecular weight excluding hydrogens is 260 g/mol. The molecule has 0 aliphatic rings. The van der Waals surface area contributed by atoms with Crippen molar-refractivity contribution in [2.24, 2.45) is 5.73 Å². The Kier molecular flexibility index (Phi) is 4.68. The fraction of sp³-hybridized carbons (Fsp3) is 0.600. The molecule has 0 bridgehead atoms. The summed E-state index contributed by atoms with van der Waals surface area (Å²) in [5.74, 6) is 0. The summed E-state index contributed by atoms with van der Waals surface area (Å²) in [5, 5.41) is 9.19. The SMILES string of the molecule is Cc1cc(S(=O)(=O)NCC(N)C(C)O)c(C)s1. The van der Waals surface area contributed by atoms with E-state index < -0.39 is 22.2 Å². The highest BCUT2D eigenvalue weighted by molar-refractivity contribution is 7.89. The van der Waals surface area contributed by atoms with E-state index in [4.69, 9.17) is 5.73 Å². The normalized spacial score (nSPS) is 15.8. The van der Waals surface area contributed by atoms with E-state index in [1.54, 1.807) is 13.0 Å². The molecule has 17 heavy (non-hydrogen) atoms. The Morgan fingerprint density at radius 2 is 2.12 bits per heavy atom. The lowest BCUT2D eigenvalue weighted by Crippen LogP contribution is -2.43. The lowest BCUT2D eigenvalue weighted by Gasteiger charge is -2.15. The summed E-state index contributed by atoms with van der Waals surface area (Å²) >= 11 is 1.44. The molecule has 0 saturated heterocycles. The highest BCUT2D eigenvalue weighted by atomic mass is 32.2. The zero-order valence-electron chi connectivity index (χ0n) is 10.1. The first-order chi connectivity index (χ1) is 7.74. The van der Waals surface area contributed by atoms with Crippen LogP contribution in [0.3, 0.4) is 0 Å². The molecule has 98 valence electrons. The quantitative estimate of drug-likeness (QED) is 0.724. The van der Waals surface area contributed by atoms with Gasteiger partial charge in [0.1, 0.15) is 0 Å². The second-order valence-corrected chi connectivity index (χ2v) is 7.23. The number of rotatable bonds is 5. The Hall–Kier alpha value is -0.470. The first-order valence-electron chi connectivity index (χ1n) is 5.24. The Morgan fingerprint density at radius 1 is 1.53 bits per heavy atom. The molecule has 4 N–H and O–H groups in total. The summed E-state index contributed by atoms with van der Waals surface area (Å²) in [7, 11) is -3.53. The Balaban J connectivity index is 2.80. The van der Waals surface area contributed by atoms with E-state index >= 15 is 0 Å². The van der Waals surface area contributed by atoms with E-state index in [0.717, 1.165) is 9.75 Å². The molecule has 0 aliphatic carbocycles. The average molecular weight is 278 g/mol. The van der Waals surface area contributed by atoms with Crippen LogP contribution in [-0.2, 0) is 10.0 Å². The topological polar surface area (TPSA) is 92.4 Å². The monoisotopic (exact) mass is 278 g/mol. The van der Waals surface area contributed by atoms with E-state index in [1.165, 1.54) is 18.3 Å². The van der Waals surface area contributed by atoms with Gasteiger partial charge in [-0.3, -0.25) is 0 Å². The molecule has 2 atom stereocenters. The summed E-state index contributed by atoms with van der Waals surface area (Å²) in [6.07, 6.45) is -0.747. The van der Waals surface area contributed by atoms with Gasteiger partial charge >= 0.3 is 0 Å². The summed E-state index contributed by atoms with van der Waals surface area (Å²) in [6, 6.07) is 1.03. The van der Waals surface area contributed by atoms with Crippen molar-refractivity contribution >= 4 is 21.4 Å². The van der Waals surface area contributed by atoms with Crippen molar-refractivity contribution in [3.63, 3.8) is 0 Å². The Labute approximate surface area is 106 Å². The number of hydrogen-bond acceptors (Lipinski definition) is 5. The maximum atomic E-state index is 12.0. The number of aliphatic hydroxyl groups excluding tert-OH is 1. The molecule has 1 aromatic heterocycles. The number of hydrogen-bond donors (Lipinski definition) is 3. The standard InChI is InChI=1S/C10H18N2O3S2/c1-6-4-10(8(3)16-6)17(14,15)12-5-9(11)7(2)13/h4,7,9,12-13H,5,11H2,1-3H3. The lowest BCUT2D eigenvalue weighted by molar-refractivity contribution is 0.164. The summed E-state index contributed by atoms with van der Waals surface area (Å²) in [5.41, 5.74) is 5.57. The first kappa shape index (κ1) is 14.6. The zero-order valence-corrected chi connectivity index (χ0v) is 11.7. The van der Waals surface area contributed by atoms with Gasteiger partial charge < -0.3 is 10.8 Å². The molecule has 0 amide bonds. The van der Waals surface area contributed by atoms with Crippen LogP contribution in [0.15, 0.2) is 11.0 Å². The van der Waals surface area contributed by atoms with Crippen LogP contribution in [0.25, 0.3) is 0 Å². The van der Waals surface area contributed by atoms with Crippen LogP contribution in [0.5, 0.6) is 0 Å². The van der Waals surface area contributed by atoms with Gasteiger partial charge in [-0.2, -0.15) is 0 Å². The van der Waals surface area contributed by atoms with Crippen LogP contribution in [0, 0.1) is 13.8 Å². The van der Waals surface area contributed by atoms with Crippen LogP contribution >= 0.6 is 11.3 Å². The van der Waals surface area contributed by atoms with Gasteiger partial charge in [0, 0.05) is 22.3 Å². The van der Waals surface area contributed by atoms with Crippen molar-refractivity contribution in [2.45, 2.75) is 37.8 Å². The molecule has 0 fully saturated rings. The summed E-state index contributed by atoms with van der Waals surface area (Å²) in [6.45, 7) is 5.17. The minimum absolute atomic E-state index is 0.0222. The van der Waals surface area contributed by atoms with Gasteiger partial charge in [0.05, 0.1) is 11.0 Å². The highest BCUT2D eigenvalue weighted by Gasteiger charge is 2.20. The van der Waals surface area contributed by atoms with Crippen LogP contribution in [-0.4, -0.2) is 32.2 Å². The van der Waals surface area contributed by atoms with Crippen LogP contribution < -0.4 is 10.5 Å². The minimum Gasteiger partial charge on any atom is -0.392 e. The molecule has 1 rings (SSSR count). The van der Waals surface area contributed by atoms with Crippen molar-refractivity contribution in [1.82, 2.24) is 4.72 Å². The van der Waals surface area contributed by atoms with Gasteiger partial charge in [-0.15, -0.1) is 11.3 Å². The van der Waals surface area contributed by atoms with Crippen molar-refractivity contribution in [3.05, 3.63) is 15.8 Å². The number of nitrogens with one attached hydrogen (secondary N) is 1.